The molecule has 0 saturated carbocycles. The smallest absolute Gasteiger partial charge is 0.240 e. The Bertz CT molecular complexity index is 685. The van der Waals surface area contributed by atoms with Gasteiger partial charge < -0.3 is 11.1 Å². The van der Waals surface area contributed by atoms with Crippen LogP contribution in [0.3, 0.4) is 0 Å². The molecule has 0 aliphatic heterocycles. The lowest BCUT2D eigenvalue weighted by molar-refractivity contribution is 0.598. The number of nitrogen functional groups attached to an aromatic ring is 1. The van der Waals surface area contributed by atoms with Crippen molar-refractivity contribution in [2.24, 2.45) is 5.14 Å². The predicted octanol–water partition coefficient (Wildman–Crippen LogP) is 1.57. The summed E-state index contributed by atoms with van der Waals surface area (Å²) in [7, 11) is -3.77. The second-order valence-electron chi connectivity index (χ2n) is 4.46. The molecule has 106 valence electrons. The lowest BCUT2D eigenvalue weighted by Crippen LogP contribution is -2.14. The molecule has 0 amide bonds. The molecule has 0 spiro atoms. The van der Waals surface area contributed by atoms with Crippen LogP contribution in [-0.2, 0) is 16.4 Å². The maximum absolute atomic E-state index is 11.2. The molecule has 0 saturated heterocycles. The van der Waals surface area contributed by atoms with Gasteiger partial charge in [0.25, 0.3) is 0 Å². The standard InChI is InChI=1S/C14H17N3O2S/c15-13-10-12(6-7-14(13)20(16,18)19)17-9-8-11-4-2-1-3-5-11/h1-7,10,17H,8-9,15H2,(H2,16,18,19). The Morgan fingerprint density at radius 2 is 1.75 bits per heavy atom. The number of hydrogen-bond acceptors (Lipinski definition) is 4. The van der Waals surface area contributed by atoms with Gasteiger partial charge in [-0.15, -0.1) is 0 Å². The number of sulfonamides is 1. The first kappa shape index (κ1) is 14.4. The number of nitrogens with two attached hydrogens (primary N) is 2. The summed E-state index contributed by atoms with van der Waals surface area (Å²) in [6.45, 7) is 0.734. The molecular formula is C14H17N3O2S. The van der Waals surface area contributed by atoms with Gasteiger partial charge in [0.15, 0.2) is 0 Å². The van der Waals surface area contributed by atoms with Crippen molar-refractivity contribution in [1.82, 2.24) is 0 Å². The van der Waals surface area contributed by atoms with Crippen LogP contribution >= 0.6 is 0 Å². The van der Waals surface area contributed by atoms with Gasteiger partial charge in [0.05, 0.1) is 5.69 Å². The van der Waals surface area contributed by atoms with Gasteiger partial charge in [0, 0.05) is 12.2 Å². The maximum Gasteiger partial charge on any atom is 0.240 e. The molecule has 0 aromatic heterocycles. The molecule has 5 N–H and O–H groups in total. The van der Waals surface area contributed by atoms with Crippen molar-refractivity contribution in [2.45, 2.75) is 11.3 Å². The Balaban J connectivity index is 1.99. The number of rotatable bonds is 5. The molecule has 2 rings (SSSR count). The molecule has 2 aromatic rings. The van der Waals surface area contributed by atoms with Gasteiger partial charge in [-0.25, -0.2) is 13.6 Å². The van der Waals surface area contributed by atoms with Crippen LogP contribution < -0.4 is 16.2 Å². The minimum atomic E-state index is -3.77. The molecule has 0 bridgehead atoms. The third-order valence-electron chi connectivity index (χ3n) is 2.90. The number of anilines is 2. The van der Waals surface area contributed by atoms with Gasteiger partial charge in [-0.05, 0) is 30.2 Å². The Kier molecular flexibility index (Phi) is 4.26. The van der Waals surface area contributed by atoms with Gasteiger partial charge in [0.1, 0.15) is 4.90 Å². The fraction of sp³-hybridized carbons (Fsp3) is 0.143. The van der Waals surface area contributed by atoms with E-state index in [-0.39, 0.29) is 10.6 Å². The van der Waals surface area contributed by atoms with E-state index < -0.39 is 10.0 Å². The first-order chi connectivity index (χ1) is 9.47. The second kappa shape index (κ2) is 5.94. The van der Waals surface area contributed by atoms with E-state index in [1.54, 1.807) is 12.1 Å². The minimum absolute atomic E-state index is 0.0499. The summed E-state index contributed by atoms with van der Waals surface area (Å²) in [5.74, 6) is 0. The van der Waals surface area contributed by atoms with E-state index in [0.29, 0.717) is 0 Å². The lowest BCUT2D eigenvalue weighted by Gasteiger charge is -2.09. The lowest BCUT2D eigenvalue weighted by atomic mass is 10.1. The summed E-state index contributed by atoms with van der Waals surface area (Å²) < 4.78 is 22.5. The maximum atomic E-state index is 11.2. The third kappa shape index (κ3) is 3.72. The predicted molar refractivity (Wildman–Crippen MR) is 80.9 cm³/mol. The highest BCUT2D eigenvalue weighted by Gasteiger charge is 2.11. The molecule has 5 nitrogen and oxygen atoms in total. The average Bonchev–Trinajstić information content (AvgIpc) is 2.38. The van der Waals surface area contributed by atoms with Crippen LogP contribution in [-0.4, -0.2) is 15.0 Å². The number of primary sulfonamides is 1. The summed E-state index contributed by atoms with van der Waals surface area (Å²) in [4.78, 5) is -0.0499. The van der Waals surface area contributed by atoms with E-state index >= 15 is 0 Å². The largest absolute Gasteiger partial charge is 0.398 e. The Morgan fingerprint density at radius 1 is 1.05 bits per heavy atom. The summed E-state index contributed by atoms with van der Waals surface area (Å²) in [5.41, 5.74) is 7.84. The highest BCUT2D eigenvalue weighted by atomic mass is 32.2. The van der Waals surface area contributed by atoms with Crippen LogP contribution in [0.1, 0.15) is 5.56 Å². The van der Waals surface area contributed by atoms with Gasteiger partial charge in [-0.1, -0.05) is 30.3 Å². The van der Waals surface area contributed by atoms with Crippen LogP contribution in [0.4, 0.5) is 11.4 Å². The molecule has 0 radical (unpaired) electrons. The highest BCUT2D eigenvalue weighted by molar-refractivity contribution is 7.89. The summed E-state index contributed by atoms with van der Waals surface area (Å²) in [6, 6.07) is 14.7. The Hall–Kier alpha value is -2.05. The van der Waals surface area contributed by atoms with Crippen LogP contribution in [0.2, 0.25) is 0 Å². The van der Waals surface area contributed by atoms with Crippen molar-refractivity contribution < 1.29 is 8.42 Å². The number of nitrogens with one attached hydrogen (secondary N) is 1. The van der Waals surface area contributed by atoms with Gasteiger partial charge >= 0.3 is 0 Å². The third-order valence-corrected chi connectivity index (χ3v) is 3.89. The highest BCUT2D eigenvalue weighted by Crippen LogP contribution is 2.21. The zero-order valence-corrected chi connectivity index (χ0v) is 11.7. The summed E-state index contributed by atoms with van der Waals surface area (Å²) in [6.07, 6.45) is 0.873. The van der Waals surface area contributed by atoms with Crippen molar-refractivity contribution in [3.63, 3.8) is 0 Å². The fourth-order valence-electron chi connectivity index (χ4n) is 1.91. The molecule has 0 fully saturated rings. The van der Waals surface area contributed by atoms with E-state index in [2.05, 4.69) is 17.4 Å². The monoisotopic (exact) mass is 291 g/mol. The molecule has 0 atom stereocenters. The average molecular weight is 291 g/mol. The van der Waals surface area contributed by atoms with E-state index in [1.165, 1.54) is 11.6 Å². The first-order valence-electron chi connectivity index (χ1n) is 6.17. The Morgan fingerprint density at radius 3 is 2.35 bits per heavy atom. The fourth-order valence-corrected chi connectivity index (χ4v) is 2.56. The minimum Gasteiger partial charge on any atom is -0.398 e. The molecular weight excluding hydrogens is 274 g/mol. The van der Waals surface area contributed by atoms with Gasteiger partial charge in [-0.2, -0.15) is 0 Å². The zero-order chi connectivity index (χ0) is 14.6. The SMILES string of the molecule is Nc1cc(NCCc2ccccc2)ccc1S(N)(=O)=O. The molecule has 0 aliphatic carbocycles. The van der Waals surface area contributed by atoms with E-state index in [0.717, 1.165) is 18.7 Å². The quantitative estimate of drug-likeness (QED) is 0.728. The molecule has 20 heavy (non-hydrogen) atoms. The summed E-state index contributed by atoms with van der Waals surface area (Å²) >= 11 is 0. The van der Waals surface area contributed by atoms with Crippen LogP contribution in [0.5, 0.6) is 0 Å². The normalized spacial score (nSPS) is 11.2. The van der Waals surface area contributed by atoms with Crippen LogP contribution in [0.15, 0.2) is 53.4 Å². The van der Waals surface area contributed by atoms with Crippen molar-refractivity contribution in [1.29, 1.82) is 0 Å². The second-order valence-corrected chi connectivity index (χ2v) is 5.99. The Labute approximate surface area is 118 Å². The zero-order valence-electron chi connectivity index (χ0n) is 10.9. The molecule has 0 heterocycles. The van der Waals surface area contributed by atoms with Crippen LogP contribution in [0, 0.1) is 0 Å². The van der Waals surface area contributed by atoms with Gasteiger partial charge in [0.2, 0.25) is 10.0 Å². The first-order valence-corrected chi connectivity index (χ1v) is 7.71. The van der Waals surface area contributed by atoms with Crippen molar-refractivity contribution in [2.75, 3.05) is 17.6 Å². The van der Waals surface area contributed by atoms with Crippen molar-refractivity contribution in [3.8, 4) is 0 Å². The molecule has 0 aliphatic rings. The molecule has 6 heteroatoms. The van der Waals surface area contributed by atoms with Crippen molar-refractivity contribution in [3.05, 3.63) is 54.1 Å². The van der Waals surface area contributed by atoms with E-state index in [1.807, 2.05) is 18.2 Å². The topological polar surface area (TPSA) is 98.2 Å². The number of benzene rings is 2. The van der Waals surface area contributed by atoms with Crippen molar-refractivity contribution >= 4 is 21.4 Å². The molecule has 2 aromatic carbocycles. The number of hydrogen-bond donors (Lipinski definition) is 3. The summed E-state index contributed by atoms with van der Waals surface area (Å²) in [5, 5.41) is 8.25. The van der Waals surface area contributed by atoms with Crippen LogP contribution in [0.25, 0.3) is 0 Å². The van der Waals surface area contributed by atoms with E-state index in [4.69, 9.17) is 10.9 Å². The molecule has 0 unspecified atom stereocenters. The van der Waals surface area contributed by atoms with E-state index in [9.17, 15) is 8.42 Å². The van der Waals surface area contributed by atoms with Gasteiger partial charge in [-0.3, -0.25) is 0 Å².